The molecule has 1 saturated carbocycles. The molecule has 8 heteroatoms. The molecular formula is C24H28Cl2N2O3S. The summed E-state index contributed by atoms with van der Waals surface area (Å²) in [4.78, 5) is 15.5. The van der Waals surface area contributed by atoms with Crippen molar-refractivity contribution >= 4 is 39.1 Å². The number of amides is 1. The molecule has 1 heterocycles. The van der Waals surface area contributed by atoms with Gasteiger partial charge in [0.1, 0.15) is 4.90 Å². The zero-order valence-corrected chi connectivity index (χ0v) is 20.4. The van der Waals surface area contributed by atoms with Crippen LogP contribution in [0, 0.1) is 11.8 Å². The highest BCUT2D eigenvalue weighted by molar-refractivity contribution is 7.89. The Balaban J connectivity index is 1.46. The maximum absolute atomic E-state index is 13.5. The van der Waals surface area contributed by atoms with Crippen molar-refractivity contribution in [2.75, 3.05) is 13.1 Å². The predicted molar refractivity (Wildman–Crippen MR) is 127 cm³/mol. The quantitative estimate of drug-likeness (QED) is 0.529. The second kappa shape index (κ2) is 9.72. The fourth-order valence-corrected chi connectivity index (χ4v) is 6.63. The average molecular weight is 495 g/mol. The van der Waals surface area contributed by atoms with Gasteiger partial charge in [-0.2, -0.15) is 4.31 Å². The Labute approximate surface area is 200 Å². The molecule has 2 aromatic rings. The lowest BCUT2D eigenvalue weighted by molar-refractivity contribution is -0.140. The van der Waals surface area contributed by atoms with E-state index in [-0.39, 0.29) is 27.8 Å². The molecule has 0 N–H and O–H groups in total. The standard InChI is InChI=1S/C24H28Cl2N2O3S/c1-17(19-7-8-19)28(16-18-5-3-2-4-6-18)24(29)20-11-13-27(14-12-20)32(30,31)23-15-21(25)9-10-22(23)26/h2-6,9-10,15,17,19-20H,7-8,11-14,16H2,1H3. The van der Waals surface area contributed by atoms with E-state index in [1.54, 1.807) is 6.07 Å². The summed E-state index contributed by atoms with van der Waals surface area (Å²) >= 11 is 12.1. The van der Waals surface area contributed by atoms with E-state index in [4.69, 9.17) is 23.2 Å². The van der Waals surface area contributed by atoms with Crippen molar-refractivity contribution in [3.8, 4) is 0 Å². The van der Waals surface area contributed by atoms with Gasteiger partial charge in [-0.05, 0) is 62.3 Å². The lowest BCUT2D eigenvalue weighted by Crippen LogP contribution is -2.47. The largest absolute Gasteiger partial charge is 0.335 e. The Morgan fingerprint density at radius 2 is 1.72 bits per heavy atom. The molecule has 172 valence electrons. The number of halogens is 2. The Morgan fingerprint density at radius 1 is 1.06 bits per heavy atom. The van der Waals surface area contributed by atoms with Crippen LogP contribution >= 0.6 is 23.2 Å². The topological polar surface area (TPSA) is 57.7 Å². The Morgan fingerprint density at radius 3 is 2.34 bits per heavy atom. The molecule has 2 fully saturated rings. The molecule has 0 spiro atoms. The molecule has 0 radical (unpaired) electrons. The van der Waals surface area contributed by atoms with Crippen LogP contribution in [-0.2, 0) is 21.4 Å². The van der Waals surface area contributed by atoms with Crippen LogP contribution in [0.15, 0.2) is 53.4 Å². The molecule has 2 aromatic carbocycles. The van der Waals surface area contributed by atoms with Crippen molar-refractivity contribution in [3.05, 3.63) is 64.1 Å². The average Bonchev–Trinajstić information content (AvgIpc) is 3.64. The van der Waals surface area contributed by atoms with Gasteiger partial charge >= 0.3 is 0 Å². The molecule has 1 aliphatic heterocycles. The molecule has 1 aliphatic carbocycles. The summed E-state index contributed by atoms with van der Waals surface area (Å²) in [5, 5.41) is 0.476. The van der Waals surface area contributed by atoms with Crippen molar-refractivity contribution in [1.29, 1.82) is 0 Å². The highest BCUT2D eigenvalue weighted by atomic mass is 35.5. The van der Waals surface area contributed by atoms with Crippen LogP contribution < -0.4 is 0 Å². The summed E-state index contributed by atoms with van der Waals surface area (Å²) in [5.41, 5.74) is 1.11. The van der Waals surface area contributed by atoms with E-state index in [9.17, 15) is 13.2 Å². The number of nitrogens with zero attached hydrogens (tertiary/aromatic N) is 2. The van der Waals surface area contributed by atoms with Crippen LogP contribution in [0.2, 0.25) is 10.0 Å². The number of carbonyl (C=O) groups excluding carboxylic acids is 1. The Hall–Kier alpha value is -1.60. The van der Waals surface area contributed by atoms with Gasteiger partial charge in [0, 0.05) is 36.6 Å². The van der Waals surface area contributed by atoms with E-state index in [0.29, 0.717) is 43.4 Å². The first-order chi connectivity index (χ1) is 15.3. The first-order valence-corrected chi connectivity index (χ1v) is 13.3. The molecule has 4 rings (SSSR count). The molecule has 32 heavy (non-hydrogen) atoms. The third kappa shape index (κ3) is 5.14. The normalized spacial score (nSPS) is 19.0. The maximum atomic E-state index is 13.5. The molecule has 0 aromatic heterocycles. The summed E-state index contributed by atoms with van der Waals surface area (Å²) in [7, 11) is -3.76. The molecule has 1 unspecified atom stereocenters. The Kier molecular flexibility index (Phi) is 7.15. The SMILES string of the molecule is CC(C1CC1)N(Cc1ccccc1)C(=O)C1CCN(S(=O)(=O)c2cc(Cl)ccc2Cl)CC1. The number of rotatable bonds is 7. The lowest BCUT2D eigenvalue weighted by atomic mass is 9.95. The van der Waals surface area contributed by atoms with Crippen molar-refractivity contribution in [2.45, 2.75) is 50.1 Å². The van der Waals surface area contributed by atoms with E-state index in [0.717, 1.165) is 18.4 Å². The van der Waals surface area contributed by atoms with Crippen molar-refractivity contribution < 1.29 is 13.2 Å². The van der Waals surface area contributed by atoms with Gasteiger partial charge in [-0.25, -0.2) is 8.42 Å². The van der Waals surface area contributed by atoms with Crippen LogP contribution in [0.4, 0.5) is 0 Å². The zero-order chi connectivity index (χ0) is 22.9. The lowest BCUT2D eigenvalue weighted by Gasteiger charge is -2.36. The van der Waals surface area contributed by atoms with E-state index in [1.165, 1.54) is 16.4 Å². The van der Waals surface area contributed by atoms with Gasteiger partial charge in [-0.1, -0.05) is 53.5 Å². The summed E-state index contributed by atoms with van der Waals surface area (Å²) < 4.78 is 27.6. The van der Waals surface area contributed by atoms with Gasteiger partial charge in [0.15, 0.2) is 0 Å². The van der Waals surface area contributed by atoms with Gasteiger partial charge in [-0.15, -0.1) is 0 Å². The van der Waals surface area contributed by atoms with E-state index >= 15 is 0 Å². The smallest absolute Gasteiger partial charge is 0.244 e. The molecule has 5 nitrogen and oxygen atoms in total. The summed E-state index contributed by atoms with van der Waals surface area (Å²) in [6.45, 7) is 3.31. The van der Waals surface area contributed by atoms with Crippen molar-refractivity contribution in [2.24, 2.45) is 11.8 Å². The molecule has 0 bridgehead atoms. The summed E-state index contributed by atoms with van der Waals surface area (Å²) in [6.07, 6.45) is 3.32. The second-order valence-electron chi connectivity index (χ2n) is 8.78. The molecule has 1 amide bonds. The number of carbonyl (C=O) groups is 1. The third-order valence-electron chi connectivity index (χ3n) is 6.59. The number of benzene rings is 2. The fourth-order valence-electron chi connectivity index (χ4n) is 4.43. The van der Waals surface area contributed by atoms with Crippen LogP contribution in [0.3, 0.4) is 0 Å². The monoisotopic (exact) mass is 494 g/mol. The number of hydrogen-bond acceptors (Lipinski definition) is 3. The predicted octanol–water partition coefficient (Wildman–Crippen LogP) is 5.22. The highest BCUT2D eigenvalue weighted by Crippen LogP contribution is 2.37. The zero-order valence-electron chi connectivity index (χ0n) is 18.1. The summed E-state index contributed by atoms with van der Waals surface area (Å²) in [6, 6.07) is 14.7. The molecule has 1 saturated heterocycles. The minimum Gasteiger partial charge on any atom is -0.335 e. The maximum Gasteiger partial charge on any atom is 0.244 e. The van der Waals surface area contributed by atoms with E-state index in [1.807, 2.05) is 35.2 Å². The Bertz CT molecular complexity index is 1070. The fraction of sp³-hybridized carbons (Fsp3) is 0.458. The van der Waals surface area contributed by atoms with Crippen molar-refractivity contribution in [3.63, 3.8) is 0 Å². The first-order valence-electron chi connectivity index (χ1n) is 11.1. The minimum absolute atomic E-state index is 0.0181. The van der Waals surface area contributed by atoms with Gasteiger partial charge in [0.05, 0.1) is 5.02 Å². The minimum atomic E-state index is -3.76. The molecule has 2 aliphatic rings. The van der Waals surface area contributed by atoms with Crippen LogP contribution in [0.1, 0.15) is 38.2 Å². The van der Waals surface area contributed by atoms with Gasteiger partial charge in [0.25, 0.3) is 0 Å². The van der Waals surface area contributed by atoms with E-state index < -0.39 is 10.0 Å². The first kappa shape index (κ1) is 23.6. The van der Waals surface area contributed by atoms with E-state index in [2.05, 4.69) is 6.92 Å². The second-order valence-corrected chi connectivity index (χ2v) is 11.5. The molecule has 1 atom stereocenters. The van der Waals surface area contributed by atoms with Crippen LogP contribution in [0.25, 0.3) is 0 Å². The number of hydrogen-bond donors (Lipinski definition) is 0. The van der Waals surface area contributed by atoms with Crippen LogP contribution in [-0.4, -0.2) is 42.7 Å². The van der Waals surface area contributed by atoms with Crippen molar-refractivity contribution in [1.82, 2.24) is 9.21 Å². The third-order valence-corrected chi connectivity index (χ3v) is 9.20. The van der Waals surface area contributed by atoms with Gasteiger partial charge in [0.2, 0.25) is 15.9 Å². The summed E-state index contributed by atoms with van der Waals surface area (Å²) in [5.74, 6) is 0.514. The number of piperidine rings is 1. The highest BCUT2D eigenvalue weighted by Gasteiger charge is 2.39. The van der Waals surface area contributed by atoms with Gasteiger partial charge < -0.3 is 4.90 Å². The van der Waals surface area contributed by atoms with Gasteiger partial charge in [-0.3, -0.25) is 4.79 Å². The van der Waals surface area contributed by atoms with Crippen LogP contribution in [0.5, 0.6) is 0 Å². The number of sulfonamides is 1. The molecular weight excluding hydrogens is 467 g/mol.